The fraction of sp³-hybridized carbons (Fsp3) is 1.00. The lowest BCUT2D eigenvalue weighted by Crippen LogP contribution is -2.38. The van der Waals surface area contributed by atoms with Gasteiger partial charge in [-0.05, 0) is 50.2 Å². The third-order valence-corrected chi connectivity index (χ3v) is 4.80. The van der Waals surface area contributed by atoms with Crippen molar-refractivity contribution in [2.75, 3.05) is 45.9 Å². The van der Waals surface area contributed by atoms with Crippen LogP contribution in [0, 0.1) is 11.3 Å². The molecule has 3 nitrogen and oxygen atoms in total. The van der Waals surface area contributed by atoms with Gasteiger partial charge in [-0.15, -0.1) is 0 Å². The van der Waals surface area contributed by atoms with Gasteiger partial charge in [0.25, 0.3) is 0 Å². The zero-order chi connectivity index (χ0) is 12.8. The number of ether oxygens (including phenoxy) is 1. The van der Waals surface area contributed by atoms with Crippen LogP contribution in [0.15, 0.2) is 0 Å². The van der Waals surface area contributed by atoms with Crippen molar-refractivity contribution in [3.05, 3.63) is 0 Å². The fourth-order valence-corrected chi connectivity index (χ4v) is 3.31. The molecule has 0 aromatic carbocycles. The number of morpholine rings is 1. The minimum Gasteiger partial charge on any atom is -0.379 e. The van der Waals surface area contributed by atoms with E-state index >= 15 is 0 Å². The summed E-state index contributed by atoms with van der Waals surface area (Å²) < 4.78 is 5.36. The van der Waals surface area contributed by atoms with Gasteiger partial charge in [0.1, 0.15) is 0 Å². The molecule has 1 heterocycles. The molecule has 0 aromatic rings. The third-order valence-electron chi connectivity index (χ3n) is 4.80. The molecule has 0 amide bonds. The number of hydrogen-bond donors (Lipinski definition) is 1. The lowest BCUT2D eigenvalue weighted by atomic mass is 9.82. The first-order chi connectivity index (χ1) is 8.68. The zero-order valence-corrected chi connectivity index (χ0v) is 12.2. The van der Waals surface area contributed by atoms with Gasteiger partial charge in [0.2, 0.25) is 0 Å². The van der Waals surface area contributed by atoms with Gasteiger partial charge in [-0.1, -0.05) is 20.3 Å². The highest BCUT2D eigenvalue weighted by molar-refractivity contribution is 4.85. The van der Waals surface area contributed by atoms with Crippen molar-refractivity contribution in [3.63, 3.8) is 0 Å². The summed E-state index contributed by atoms with van der Waals surface area (Å²) >= 11 is 0. The topological polar surface area (TPSA) is 24.5 Å². The number of hydrogen-bond acceptors (Lipinski definition) is 3. The number of rotatable bonds is 6. The first-order valence-corrected chi connectivity index (χ1v) is 7.69. The van der Waals surface area contributed by atoms with Gasteiger partial charge in [0.15, 0.2) is 0 Å². The summed E-state index contributed by atoms with van der Waals surface area (Å²) in [6, 6.07) is 0. The van der Waals surface area contributed by atoms with Gasteiger partial charge >= 0.3 is 0 Å². The minimum absolute atomic E-state index is 0.567. The second-order valence-corrected chi connectivity index (χ2v) is 6.59. The Morgan fingerprint density at radius 3 is 2.72 bits per heavy atom. The van der Waals surface area contributed by atoms with Crippen molar-refractivity contribution >= 4 is 0 Å². The van der Waals surface area contributed by atoms with E-state index in [-0.39, 0.29) is 0 Å². The normalized spacial score (nSPS) is 28.7. The molecule has 1 saturated carbocycles. The molecule has 1 aliphatic heterocycles. The van der Waals surface area contributed by atoms with Crippen LogP contribution in [0.25, 0.3) is 0 Å². The first kappa shape index (κ1) is 14.3. The SMILES string of the molecule is CC1(C)CCCC1CNCCCN1CCOCC1. The summed E-state index contributed by atoms with van der Waals surface area (Å²) in [5.74, 6) is 0.890. The minimum atomic E-state index is 0.567. The van der Waals surface area contributed by atoms with Crippen LogP contribution in [0.1, 0.15) is 39.5 Å². The zero-order valence-electron chi connectivity index (χ0n) is 12.2. The second-order valence-electron chi connectivity index (χ2n) is 6.59. The van der Waals surface area contributed by atoms with Crippen molar-refractivity contribution < 1.29 is 4.74 Å². The van der Waals surface area contributed by atoms with Crippen LogP contribution in [0.4, 0.5) is 0 Å². The molecule has 2 rings (SSSR count). The molecule has 18 heavy (non-hydrogen) atoms. The van der Waals surface area contributed by atoms with Crippen molar-refractivity contribution in [1.29, 1.82) is 0 Å². The molecule has 0 aromatic heterocycles. The Hall–Kier alpha value is -0.120. The van der Waals surface area contributed by atoms with Crippen LogP contribution in [0.2, 0.25) is 0 Å². The van der Waals surface area contributed by atoms with Crippen LogP contribution in [-0.4, -0.2) is 50.8 Å². The molecule has 2 aliphatic rings. The van der Waals surface area contributed by atoms with E-state index in [0.717, 1.165) is 32.2 Å². The largest absolute Gasteiger partial charge is 0.379 e. The van der Waals surface area contributed by atoms with E-state index in [0.29, 0.717) is 5.41 Å². The molecule has 106 valence electrons. The van der Waals surface area contributed by atoms with Crippen LogP contribution in [0.5, 0.6) is 0 Å². The van der Waals surface area contributed by atoms with Gasteiger partial charge in [0, 0.05) is 13.1 Å². The first-order valence-electron chi connectivity index (χ1n) is 7.69. The van der Waals surface area contributed by atoms with Crippen molar-refractivity contribution in [2.45, 2.75) is 39.5 Å². The number of nitrogens with zero attached hydrogens (tertiary/aromatic N) is 1. The Morgan fingerprint density at radius 1 is 1.28 bits per heavy atom. The predicted octanol–water partition coefficient (Wildman–Crippen LogP) is 2.12. The Morgan fingerprint density at radius 2 is 2.06 bits per heavy atom. The predicted molar refractivity (Wildman–Crippen MR) is 75.9 cm³/mol. The van der Waals surface area contributed by atoms with Gasteiger partial charge in [-0.2, -0.15) is 0 Å². The molecule has 2 fully saturated rings. The number of nitrogens with one attached hydrogen (secondary N) is 1. The highest BCUT2D eigenvalue weighted by Crippen LogP contribution is 2.41. The fourth-order valence-electron chi connectivity index (χ4n) is 3.31. The summed E-state index contributed by atoms with van der Waals surface area (Å²) in [6.07, 6.45) is 5.52. The molecule has 1 aliphatic carbocycles. The van der Waals surface area contributed by atoms with Gasteiger partial charge < -0.3 is 10.1 Å². The van der Waals surface area contributed by atoms with E-state index in [4.69, 9.17) is 4.74 Å². The molecule has 1 unspecified atom stereocenters. The summed E-state index contributed by atoms with van der Waals surface area (Å²) in [6.45, 7) is 12.6. The Kier molecular flexibility index (Phi) is 5.46. The van der Waals surface area contributed by atoms with E-state index in [1.807, 2.05) is 0 Å². The molecule has 3 heteroatoms. The summed E-state index contributed by atoms with van der Waals surface area (Å²) in [7, 11) is 0. The van der Waals surface area contributed by atoms with Gasteiger partial charge in [0.05, 0.1) is 13.2 Å². The monoisotopic (exact) mass is 254 g/mol. The molecule has 1 atom stereocenters. The molecule has 0 spiro atoms. The lowest BCUT2D eigenvalue weighted by molar-refractivity contribution is 0.0374. The second kappa shape index (κ2) is 6.88. The maximum atomic E-state index is 5.36. The molecule has 1 saturated heterocycles. The summed E-state index contributed by atoms with van der Waals surface area (Å²) in [5, 5.41) is 3.66. The average molecular weight is 254 g/mol. The highest BCUT2D eigenvalue weighted by Gasteiger charge is 2.33. The molecular formula is C15H30N2O. The van der Waals surface area contributed by atoms with E-state index < -0.39 is 0 Å². The molecule has 0 radical (unpaired) electrons. The van der Waals surface area contributed by atoms with Crippen LogP contribution < -0.4 is 5.32 Å². The van der Waals surface area contributed by atoms with E-state index in [1.54, 1.807) is 0 Å². The highest BCUT2D eigenvalue weighted by atomic mass is 16.5. The van der Waals surface area contributed by atoms with Crippen LogP contribution in [0.3, 0.4) is 0 Å². The van der Waals surface area contributed by atoms with E-state index in [2.05, 4.69) is 24.1 Å². The van der Waals surface area contributed by atoms with Crippen molar-refractivity contribution in [3.8, 4) is 0 Å². The van der Waals surface area contributed by atoms with E-state index in [1.165, 1.54) is 45.3 Å². The van der Waals surface area contributed by atoms with Crippen LogP contribution in [-0.2, 0) is 4.74 Å². The maximum absolute atomic E-state index is 5.36. The lowest BCUT2D eigenvalue weighted by Gasteiger charge is -2.28. The summed E-state index contributed by atoms with van der Waals surface area (Å²) in [5.41, 5.74) is 0.567. The van der Waals surface area contributed by atoms with Crippen molar-refractivity contribution in [1.82, 2.24) is 10.2 Å². The van der Waals surface area contributed by atoms with Gasteiger partial charge in [-0.25, -0.2) is 0 Å². The smallest absolute Gasteiger partial charge is 0.0594 e. The third kappa shape index (κ3) is 4.22. The van der Waals surface area contributed by atoms with Crippen molar-refractivity contribution in [2.24, 2.45) is 11.3 Å². The standard InChI is InChI=1S/C15H30N2O/c1-15(2)6-3-5-14(15)13-16-7-4-8-17-9-11-18-12-10-17/h14,16H,3-13H2,1-2H3. The Bertz CT molecular complexity index is 237. The average Bonchev–Trinajstić information content (AvgIpc) is 2.70. The molecular weight excluding hydrogens is 224 g/mol. The Labute approximate surface area is 112 Å². The van der Waals surface area contributed by atoms with Crippen LogP contribution >= 0.6 is 0 Å². The summed E-state index contributed by atoms with van der Waals surface area (Å²) in [4.78, 5) is 2.52. The maximum Gasteiger partial charge on any atom is 0.0594 e. The van der Waals surface area contributed by atoms with Gasteiger partial charge in [-0.3, -0.25) is 4.90 Å². The molecule has 1 N–H and O–H groups in total. The quantitative estimate of drug-likeness (QED) is 0.735. The van der Waals surface area contributed by atoms with E-state index in [9.17, 15) is 0 Å². The Balaban J connectivity index is 1.51. The molecule has 0 bridgehead atoms.